The first-order valence-corrected chi connectivity index (χ1v) is 16.0. The summed E-state index contributed by atoms with van der Waals surface area (Å²) < 4.78 is 5.55. The van der Waals surface area contributed by atoms with Gasteiger partial charge in [0, 0.05) is 81.6 Å². The van der Waals surface area contributed by atoms with Crippen LogP contribution in [0.2, 0.25) is 0 Å². The molecule has 44 heavy (non-hydrogen) atoms. The summed E-state index contributed by atoms with van der Waals surface area (Å²) in [6, 6.07) is 9.15. The molecule has 236 valence electrons. The lowest BCUT2D eigenvalue weighted by molar-refractivity contribution is 0.0904. The number of rotatable bonds is 9. The average molecular weight is 603 g/mol. The molecule has 3 fully saturated rings. The van der Waals surface area contributed by atoms with Crippen LogP contribution >= 0.6 is 0 Å². The number of benzene rings is 1. The summed E-state index contributed by atoms with van der Waals surface area (Å²) in [6.07, 6.45) is 4.99. The summed E-state index contributed by atoms with van der Waals surface area (Å²) in [4.78, 5) is 29.9. The van der Waals surface area contributed by atoms with Crippen molar-refractivity contribution in [2.75, 3.05) is 75.1 Å². The standard InChI is InChI=1S/C32H46N10O2/c1-4-22-20-24(5-6-27(22)42-11-7-25(8-12-42)41-15-13-40(3)14-16-41)35-32-29(30(33)43)36-28(26-19-21(2)38-39-26)31(37-32)34-23-9-17-44-18-10-23/h5-6,19-20,23,25H,4,7-18H2,1-3H3,(H2,33,43)(H,38,39)(H2,34,35,37). The van der Waals surface area contributed by atoms with Crippen LogP contribution in [0.1, 0.15) is 54.4 Å². The number of nitrogens with one attached hydrogen (secondary N) is 3. The lowest BCUT2D eigenvalue weighted by Gasteiger charge is -2.43. The summed E-state index contributed by atoms with van der Waals surface area (Å²) in [7, 11) is 2.21. The Morgan fingerprint density at radius 1 is 1.02 bits per heavy atom. The minimum atomic E-state index is -0.651. The summed E-state index contributed by atoms with van der Waals surface area (Å²) in [5.41, 5.74) is 11.3. The second-order valence-corrected chi connectivity index (χ2v) is 12.3. The molecule has 3 aliphatic heterocycles. The van der Waals surface area contributed by atoms with Gasteiger partial charge in [0.15, 0.2) is 17.3 Å². The van der Waals surface area contributed by atoms with Crippen molar-refractivity contribution < 1.29 is 9.53 Å². The van der Waals surface area contributed by atoms with E-state index >= 15 is 0 Å². The number of aromatic amines is 1. The Morgan fingerprint density at radius 2 is 1.77 bits per heavy atom. The summed E-state index contributed by atoms with van der Waals surface area (Å²) in [6.45, 7) is 12.3. The molecule has 2 aromatic heterocycles. The second kappa shape index (κ2) is 13.5. The number of carbonyl (C=O) groups excluding carboxylic acids is 1. The van der Waals surface area contributed by atoms with Crippen LogP contribution in [0.25, 0.3) is 11.4 Å². The lowest BCUT2D eigenvalue weighted by Crippen LogP contribution is -2.52. The van der Waals surface area contributed by atoms with Crippen molar-refractivity contribution in [2.24, 2.45) is 5.73 Å². The van der Waals surface area contributed by atoms with Gasteiger partial charge in [-0.1, -0.05) is 6.92 Å². The third-order valence-corrected chi connectivity index (χ3v) is 9.22. The van der Waals surface area contributed by atoms with Gasteiger partial charge in [-0.05, 0) is 75.9 Å². The quantitative estimate of drug-likeness (QED) is 0.288. The van der Waals surface area contributed by atoms with E-state index in [0.717, 1.165) is 56.8 Å². The molecule has 0 bridgehead atoms. The zero-order chi connectivity index (χ0) is 30.6. The Hall–Kier alpha value is -3.74. The molecular formula is C32H46N10O2. The molecule has 3 aromatic rings. The van der Waals surface area contributed by atoms with Crippen molar-refractivity contribution in [2.45, 2.75) is 58.0 Å². The molecule has 5 heterocycles. The molecule has 0 unspecified atom stereocenters. The Labute approximate surface area is 259 Å². The molecular weight excluding hydrogens is 556 g/mol. The molecule has 12 nitrogen and oxygen atoms in total. The third-order valence-electron chi connectivity index (χ3n) is 9.22. The predicted molar refractivity (Wildman–Crippen MR) is 174 cm³/mol. The first kappa shape index (κ1) is 30.3. The smallest absolute Gasteiger partial charge is 0.271 e. The van der Waals surface area contributed by atoms with E-state index in [1.54, 1.807) is 0 Å². The van der Waals surface area contributed by atoms with E-state index in [1.165, 1.54) is 37.2 Å². The maximum absolute atomic E-state index is 12.6. The monoisotopic (exact) mass is 602 g/mol. The molecule has 0 aliphatic carbocycles. The topological polar surface area (TPSA) is 141 Å². The van der Waals surface area contributed by atoms with E-state index in [1.807, 2.05) is 13.0 Å². The summed E-state index contributed by atoms with van der Waals surface area (Å²) >= 11 is 0. The van der Waals surface area contributed by atoms with Crippen molar-refractivity contribution in [3.05, 3.63) is 41.2 Å². The van der Waals surface area contributed by atoms with E-state index in [-0.39, 0.29) is 11.7 Å². The molecule has 3 aliphatic rings. The van der Waals surface area contributed by atoms with Gasteiger partial charge in [-0.15, -0.1) is 0 Å². The van der Waals surface area contributed by atoms with Gasteiger partial charge in [0.25, 0.3) is 5.91 Å². The maximum atomic E-state index is 12.6. The van der Waals surface area contributed by atoms with Gasteiger partial charge in [0.1, 0.15) is 11.4 Å². The highest BCUT2D eigenvalue weighted by molar-refractivity contribution is 5.97. The maximum Gasteiger partial charge on any atom is 0.271 e. The lowest BCUT2D eigenvalue weighted by atomic mass is 10.00. The number of ether oxygens (including phenoxy) is 1. The number of H-pyrrole nitrogens is 1. The molecule has 0 spiro atoms. The molecule has 3 saturated heterocycles. The van der Waals surface area contributed by atoms with E-state index in [0.29, 0.717) is 42.3 Å². The predicted octanol–water partition coefficient (Wildman–Crippen LogP) is 3.39. The van der Waals surface area contributed by atoms with Gasteiger partial charge in [-0.3, -0.25) is 14.8 Å². The van der Waals surface area contributed by atoms with Crippen LogP contribution in [0.5, 0.6) is 0 Å². The van der Waals surface area contributed by atoms with E-state index in [9.17, 15) is 4.79 Å². The van der Waals surface area contributed by atoms with Crippen molar-refractivity contribution in [1.82, 2.24) is 30.0 Å². The fourth-order valence-corrected chi connectivity index (χ4v) is 6.60. The number of primary amides is 1. The number of piperazine rings is 1. The number of carbonyl (C=O) groups is 1. The number of likely N-dealkylation sites (N-methyl/N-ethyl adjacent to an activating group) is 1. The number of piperidine rings is 1. The average Bonchev–Trinajstić information content (AvgIpc) is 3.48. The zero-order valence-electron chi connectivity index (χ0n) is 26.2. The Bertz CT molecular complexity index is 1440. The molecule has 0 radical (unpaired) electrons. The second-order valence-electron chi connectivity index (χ2n) is 12.3. The highest BCUT2D eigenvalue weighted by Crippen LogP contribution is 2.33. The van der Waals surface area contributed by atoms with E-state index in [2.05, 4.69) is 67.7 Å². The van der Waals surface area contributed by atoms with E-state index < -0.39 is 5.91 Å². The largest absolute Gasteiger partial charge is 0.381 e. The highest BCUT2D eigenvalue weighted by atomic mass is 16.5. The number of anilines is 4. The van der Waals surface area contributed by atoms with Crippen molar-refractivity contribution in [3.63, 3.8) is 0 Å². The van der Waals surface area contributed by atoms with Crippen LogP contribution in [0.4, 0.5) is 23.0 Å². The van der Waals surface area contributed by atoms with Gasteiger partial charge in [0.05, 0.1) is 0 Å². The Balaban J connectivity index is 1.23. The van der Waals surface area contributed by atoms with Crippen LogP contribution < -0.4 is 21.3 Å². The molecule has 6 rings (SSSR count). The van der Waals surface area contributed by atoms with E-state index in [4.69, 9.17) is 20.4 Å². The molecule has 1 aromatic carbocycles. The van der Waals surface area contributed by atoms with Gasteiger partial charge in [-0.25, -0.2) is 9.97 Å². The number of hydrogen-bond acceptors (Lipinski definition) is 10. The number of aromatic nitrogens is 4. The SMILES string of the molecule is CCc1cc(Nc2nc(NC3CCOCC3)c(-c3cc(C)[nH]n3)nc2C(N)=O)ccc1N1CCC(N2CCN(C)CC2)CC1. The normalized spacial score (nSPS) is 19.3. The number of hydrogen-bond donors (Lipinski definition) is 4. The van der Waals surface area contributed by atoms with Gasteiger partial charge in [0.2, 0.25) is 0 Å². The molecule has 0 saturated carbocycles. The fraction of sp³-hybridized carbons (Fsp3) is 0.562. The Kier molecular flexibility index (Phi) is 9.29. The number of nitrogens with two attached hydrogens (primary N) is 1. The first-order chi connectivity index (χ1) is 21.4. The van der Waals surface area contributed by atoms with Crippen molar-refractivity contribution >= 4 is 28.9 Å². The Morgan fingerprint density at radius 3 is 2.43 bits per heavy atom. The minimum Gasteiger partial charge on any atom is -0.381 e. The van der Waals surface area contributed by atoms with Crippen LogP contribution in [0, 0.1) is 6.92 Å². The molecule has 5 N–H and O–H groups in total. The van der Waals surface area contributed by atoms with Crippen LogP contribution in [0.15, 0.2) is 24.3 Å². The minimum absolute atomic E-state index is 0.0753. The third kappa shape index (κ3) is 6.82. The van der Waals surface area contributed by atoms with Crippen LogP contribution in [-0.2, 0) is 11.2 Å². The molecule has 12 heteroatoms. The van der Waals surface area contributed by atoms with Crippen LogP contribution in [-0.4, -0.2) is 107 Å². The molecule has 0 atom stereocenters. The zero-order valence-corrected chi connectivity index (χ0v) is 26.2. The summed E-state index contributed by atoms with van der Waals surface area (Å²) in [5.74, 6) is 0.235. The van der Waals surface area contributed by atoms with Crippen molar-refractivity contribution in [1.29, 1.82) is 0 Å². The highest BCUT2D eigenvalue weighted by Gasteiger charge is 2.28. The van der Waals surface area contributed by atoms with Gasteiger partial charge < -0.3 is 30.9 Å². The van der Waals surface area contributed by atoms with Gasteiger partial charge in [-0.2, -0.15) is 5.10 Å². The number of aryl methyl sites for hydroxylation is 2. The number of amides is 1. The molecule has 1 amide bonds. The summed E-state index contributed by atoms with van der Waals surface area (Å²) in [5, 5.41) is 14.3. The first-order valence-electron chi connectivity index (χ1n) is 16.0. The van der Waals surface area contributed by atoms with Crippen molar-refractivity contribution in [3.8, 4) is 11.4 Å². The number of nitrogens with zero attached hydrogens (tertiary/aromatic N) is 6. The van der Waals surface area contributed by atoms with Crippen LogP contribution in [0.3, 0.4) is 0 Å². The fourth-order valence-electron chi connectivity index (χ4n) is 6.60. The van der Waals surface area contributed by atoms with Gasteiger partial charge >= 0.3 is 0 Å².